The summed E-state index contributed by atoms with van der Waals surface area (Å²) in [7, 11) is -1.55. The number of hydrogen-bond acceptors (Lipinski definition) is 3. The van der Waals surface area contributed by atoms with Crippen molar-refractivity contribution in [1.29, 1.82) is 0 Å². The van der Waals surface area contributed by atoms with E-state index in [1.807, 2.05) is 48.5 Å². The van der Waals surface area contributed by atoms with E-state index in [2.05, 4.69) is 66.7 Å². The Labute approximate surface area is 202 Å². The lowest BCUT2D eigenvalue weighted by Crippen LogP contribution is -2.30. The number of fused-ring (bicyclic) bond motifs is 3. The lowest BCUT2D eigenvalue weighted by atomic mass is 9.78. The zero-order valence-corrected chi connectivity index (χ0v) is 19.2. The summed E-state index contributed by atoms with van der Waals surface area (Å²) in [5, 5.41) is 22.8. The molecule has 0 amide bonds. The van der Waals surface area contributed by atoms with Gasteiger partial charge in [0.25, 0.3) is 0 Å². The second kappa shape index (κ2) is 8.58. The van der Waals surface area contributed by atoms with Gasteiger partial charge in [0.15, 0.2) is 0 Å². The fraction of sp³-hybridized carbons (Fsp3) is 0. The van der Waals surface area contributed by atoms with Crippen LogP contribution in [0.5, 0.6) is 0 Å². The summed E-state index contributed by atoms with van der Waals surface area (Å²) >= 11 is 1.63. The average Bonchev–Trinajstić information content (AvgIpc) is 3.27. The van der Waals surface area contributed by atoms with Gasteiger partial charge in [0.1, 0.15) is 0 Å². The Bertz CT molecular complexity index is 1610. The molecule has 0 aliphatic heterocycles. The SMILES string of the molecule is OB(O)c1cc(-c2ccccc2)cc2c1sc1c(-c3ccccc3)cc(-c3ccccc3)cc12. The predicted molar refractivity (Wildman–Crippen MR) is 145 cm³/mol. The van der Waals surface area contributed by atoms with Gasteiger partial charge in [-0.05, 0) is 46.0 Å². The maximum Gasteiger partial charge on any atom is 0.489 e. The smallest absolute Gasteiger partial charge is 0.423 e. The van der Waals surface area contributed by atoms with Crippen LogP contribution < -0.4 is 5.46 Å². The van der Waals surface area contributed by atoms with E-state index in [1.54, 1.807) is 11.3 Å². The van der Waals surface area contributed by atoms with Gasteiger partial charge in [0, 0.05) is 31.2 Å². The molecule has 0 bridgehead atoms. The highest BCUT2D eigenvalue weighted by Gasteiger charge is 2.22. The molecule has 6 aromatic rings. The Morgan fingerprint density at radius 2 is 0.941 bits per heavy atom. The second-order valence-electron chi connectivity index (χ2n) is 8.42. The molecule has 0 spiro atoms. The molecule has 34 heavy (non-hydrogen) atoms. The van der Waals surface area contributed by atoms with Crippen molar-refractivity contribution in [3.63, 3.8) is 0 Å². The van der Waals surface area contributed by atoms with Crippen LogP contribution in [-0.4, -0.2) is 17.2 Å². The van der Waals surface area contributed by atoms with Crippen molar-refractivity contribution in [2.75, 3.05) is 0 Å². The van der Waals surface area contributed by atoms with Gasteiger partial charge in [-0.3, -0.25) is 0 Å². The number of rotatable bonds is 4. The van der Waals surface area contributed by atoms with E-state index in [4.69, 9.17) is 0 Å². The summed E-state index contributed by atoms with van der Waals surface area (Å²) in [6.07, 6.45) is 0. The topological polar surface area (TPSA) is 40.5 Å². The molecule has 0 atom stereocenters. The summed E-state index contributed by atoms with van der Waals surface area (Å²) in [6.45, 7) is 0. The molecule has 0 saturated carbocycles. The number of thiophene rings is 1. The molecule has 1 aromatic heterocycles. The molecule has 0 fully saturated rings. The van der Waals surface area contributed by atoms with E-state index < -0.39 is 7.12 Å². The van der Waals surface area contributed by atoms with Crippen molar-refractivity contribution in [2.24, 2.45) is 0 Å². The van der Waals surface area contributed by atoms with Crippen LogP contribution in [0.4, 0.5) is 0 Å². The minimum atomic E-state index is -1.55. The molecule has 0 radical (unpaired) electrons. The third kappa shape index (κ3) is 3.62. The molecule has 4 heteroatoms. The predicted octanol–water partition coefficient (Wildman–Crippen LogP) is 6.74. The maximum absolute atomic E-state index is 10.3. The minimum absolute atomic E-state index is 0.540. The van der Waals surface area contributed by atoms with E-state index in [-0.39, 0.29) is 0 Å². The minimum Gasteiger partial charge on any atom is -0.423 e. The first-order chi connectivity index (χ1) is 16.7. The summed E-state index contributed by atoms with van der Waals surface area (Å²) in [5.41, 5.74) is 7.16. The standard InChI is InChI=1S/C30H21BO2S/c32-31(33)28-19-24(21-12-6-2-7-13-21)18-27-26-17-23(20-10-4-1-5-11-20)16-25(29(26)34-30(27)28)22-14-8-3-9-15-22/h1-19,32-33H. The lowest BCUT2D eigenvalue weighted by Gasteiger charge is -2.09. The molecule has 162 valence electrons. The summed E-state index contributed by atoms with van der Waals surface area (Å²) < 4.78 is 2.06. The molecule has 1 heterocycles. The first kappa shape index (κ1) is 20.9. The molecule has 0 unspecified atom stereocenters. The van der Waals surface area contributed by atoms with Crippen LogP contribution in [0.3, 0.4) is 0 Å². The molecule has 0 aliphatic rings. The van der Waals surface area contributed by atoms with E-state index in [9.17, 15) is 10.0 Å². The lowest BCUT2D eigenvalue weighted by molar-refractivity contribution is 0.426. The van der Waals surface area contributed by atoms with Gasteiger partial charge < -0.3 is 10.0 Å². The van der Waals surface area contributed by atoms with Crippen molar-refractivity contribution < 1.29 is 10.0 Å². The molecule has 0 saturated heterocycles. The van der Waals surface area contributed by atoms with Crippen LogP contribution in [-0.2, 0) is 0 Å². The van der Waals surface area contributed by atoms with Crippen LogP contribution in [0.15, 0.2) is 115 Å². The molecule has 6 rings (SSSR count). The largest absolute Gasteiger partial charge is 0.489 e. The van der Waals surface area contributed by atoms with E-state index >= 15 is 0 Å². The molecular formula is C30H21BO2S. The van der Waals surface area contributed by atoms with Gasteiger partial charge in [-0.15, -0.1) is 11.3 Å². The summed E-state index contributed by atoms with van der Waals surface area (Å²) in [6, 6.07) is 39.4. The van der Waals surface area contributed by atoms with Gasteiger partial charge in [-0.1, -0.05) is 97.1 Å². The van der Waals surface area contributed by atoms with Crippen molar-refractivity contribution in [3.05, 3.63) is 115 Å². The quantitative estimate of drug-likeness (QED) is 0.289. The zero-order valence-electron chi connectivity index (χ0n) is 18.3. The van der Waals surface area contributed by atoms with Gasteiger partial charge >= 0.3 is 7.12 Å². The number of benzene rings is 5. The summed E-state index contributed by atoms with van der Waals surface area (Å²) in [5.74, 6) is 0. The van der Waals surface area contributed by atoms with E-state index in [1.165, 1.54) is 0 Å². The second-order valence-corrected chi connectivity index (χ2v) is 9.44. The van der Waals surface area contributed by atoms with Crippen LogP contribution in [0.1, 0.15) is 0 Å². The monoisotopic (exact) mass is 456 g/mol. The normalized spacial score (nSPS) is 11.2. The zero-order chi connectivity index (χ0) is 23.1. The molecule has 2 nitrogen and oxygen atoms in total. The van der Waals surface area contributed by atoms with Gasteiger partial charge in [-0.25, -0.2) is 0 Å². The highest BCUT2D eigenvalue weighted by molar-refractivity contribution is 7.27. The average molecular weight is 456 g/mol. The fourth-order valence-electron chi connectivity index (χ4n) is 4.62. The first-order valence-electron chi connectivity index (χ1n) is 11.3. The Kier molecular flexibility index (Phi) is 5.27. The maximum atomic E-state index is 10.3. The van der Waals surface area contributed by atoms with Crippen LogP contribution in [0.25, 0.3) is 53.6 Å². The van der Waals surface area contributed by atoms with Crippen LogP contribution in [0.2, 0.25) is 0 Å². The van der Waals surface area contributed by atoms with Crippen molar-refractivity contribution in [3.8, 4) is 33.4 Å². The summed E-state index contributed by atoms with van der Waals surface area (Å²) in [4.78, 5) is 0. The molecule has 0 aliphatic carbocycles. The highest BCUT2D eigenvalue weighted by atomic mass is 32.1. The molecule has 2 N–H and O–H groups in total. The highest BCUT2D eigenvalue weighted by Crippen LogP contribution is 2.43. The van der Waals surface area contributed by atoms with Gasteiger partial charge in [0.2, 0.25) is 0 Å². The Morgan fingerprint density at radius 3 is 1.47 bits per heavy atom. The Hall–Kier alpha value is -3.70. The van der Waals surface area contributed by atoms with Crippen molar-refractivity contribution in [2.45, 2.75) is 0 Å². The van der Waals surface area contributed by atoms with E-state index in [0.29, 0.717) is 5.46 Å². The Morgan fingerprint density at radius 1 is 0.471 bits per heavy atom. The van der Waals surface area contributed by atoms with Crippen LogP contribution >= 0.6 is 11.3 Å². The molecular weight excluding hydrogens is 435 g/mol. The van der Waals surface area contributed by atoms with Gasteiger partial charge in [-0.2, -0.15) is 0 Å². The molecule has 5 aromatic carbocycles. The van der Waals surface area contributed by atoms with Crippen LogP contribution in [0, 0.1) is 0 Å². The number of hydrogen-bond donors (Lipinski definition) is 2. The fourth-order valence-corrected chi connectivity index (χ4v) is 5.96. The van der Waals surface area contributed by atoms with Gasteiger partial charge in [0.05, 0.1) is 0 Å². The van der Waals surface area contributed by atoms with Crippen molar-refractivity contribution >= 4 is 44.1 Å². The van der Waals surface area contributed by atoms with Crippen molar-refractivity contribution in [1.82, 2.24) is 0 Å². The third-order valence-corrected chi connectivity index (χ3v) is 7.58. The Balaban J connectivity index is 1.73. The third-order valence-electron chi connectivity index (χ3n) is 6.28. The first-order valence-corrected chi connectivity index (χ1v) is 12.1. The van der Waals surface area contributed by atoms with E-state index in [0.717, 1.165) is 53.6 Å².